The number of nitrogens with one attached hydrogen (secondary N) is 3. The largest absolute Gasteiger partial charge is 0.326 e. The first kappa shape index (κ1) is 13.8. The number of amides is 1. The van der Waals surface area contributed by atoms with Crippen molar-refractivity contribution < 1.29 is 4.79 Å². The van der Waals surface area contributed by atoms with Gasteiger partial charge in [0.05, 0.1) is 5.92 Å². The monoisotopic (exact) mass is 285 g/mol. The van der Waals surface area contributed by atoms with E-state index in [1.54, 1.807) is 0 Å². The molecule has 1 fully saturated rings. The lowest BCUT2D eigenvalue weighted by molar-refractivity contribution is -0.120. The number of benzene rings is 1. The molecular weight excluding hydrogens is 266 g/mol. The van der Waals surface area contributed by atoms with Crippen LogP contribution in [0.5, 0.6) is 0 Å². The number of nitrogens with zero attached hydrogens (tertiary/aromatic N) is 2. The molecule has 6 heteroatoms. The molecule has 1 atom stereocenters. The van der Waals surface area contributed by atoms with Crippen LogP contribution in [0.1, 0.15) is 18.7 Å². The normalized spacial score (nSPS) is 18.4. The van der Waals surface area contributed by atoms with Gasteiger partial charge < -0.3 is 10.6 Å². The molecule has 6 nitrogen and oxygen atoms in total. The van der Waals surface area contributed by atoms with Crippen molar-refractivity contribution in [2.45, 2.75) is 19.8 Å². The van der Waals surface area contributed by atoms with Crippen LogP contribution in [0.25, 0.3) is 11.4 Å². The van der Waals surface area contributed by atoms with E-state index in [2.05, 4.69) is 25.8 Å². The molecule has 0 aliphatic carbocycles. The topological polar surface area (TPSA) is 82.7 Å². The van der Waals surface area contributed by atoms with E-state index < -0.39 is 0 Å². The standard InChI is InChI=1S/C15H19N5O/c1-10-17-14(20-19-10)11-4-2-6-13(8-11)18-15(21)12-5-3-7-16-9-12/h2,4,6,8,12,16H,3,5,7,9H2,1H3,(H,18,21)(H,17,19,20). The number of hydrogen-bond acceptors (Lipinski definition) is 4. The first-order valence-electron chi connectivity index (χ1n) is 7.23. The van der Waals surface area contributed by atoms with Crippen molar-refractivity contribution in [3.63, 3.8) is 0 Å². The van der Waals surface area contributed by atoms with Gasteiger partial charge in [-0.3, -0.25) is 9.89 Å². The van der Waals surface area contributed by atoms with E-state index in [4.69, 9.17) is 0 Å². The second kappa shape index (κ2) is 6.05. The minimum Gasteiger partial charge on any atom is -0.326 e. The predicted molar refractivity (Wildman–Crippen MR) is 80.8 cm³/mol. The molecule has 1 aliphatic heterocycles. The van der Waals surface area contributed by atoms with Gasteiger partial charge in [0.1, 0.15) is 5.82 Å². The maximum absolute atomic E-state index is 12.2. The molecule has 0 radical (unpaired) electrons. The molecule has 1 unspecified atom stereocenters. The highest BCUT2D eigenvalue weighted by Gasteiger charge is 2.20. The third-order valence-electron chi connectivity index (χ3n) is 3.65. The SMILES string of the molecule is Cc1nc(-c2cccc(NC(=O)C3CCCNC3)c2)n[nH]1. The van der Waals surface area contributed by atoms with Crippen LogP contribution in [0.3, 0.4) is 0 Å². The number of anilines is 1. The molecule has 21 heavy (non-hydrogen) atoms. The van der Waals surface area contributed by atoms with Gasteiger partial charge >= 0.3 is 0 Å². The molecule has 1 aliphatic rings. The number of rotatable bonds is 3. The summed E-state index contributed by atoms with van der Waals surface area (Å²) in [5.41, 5.74) is 1.67. The van der Waals surface area contributed by atoms with E-state index in [1.807, 2.05) is 31.2 Å². The molecule has 0 spiro atoms. The number of aromatic amines is 1. The third-order valence-corrected chi connectivity index (χ3v) is 3.65. The highest BCUT2D eigenvalue weighted by molar-refractivity contribution is 5.93. The maximum Gasteiger partial charge on any atom is 0.228 e. The Kier molecular flexibility index (Phi) is 3.96. The molecule has 1 aromatic heterocycles. The van der Waals surface area contributed by atoms with E-state index in [0.717, 1.165) is 43.0 Å². The minimum atomic E-state index is 0.0492. The van der Waals surface area contributed by atoms with Crippen molar-refractivity contribution in [1.82, 2.24) is 20.5 Å². The second-order valence-corrected chi connectivity index (χ2v) is 5.36. The Labute approximate surface area is 123 Å². The quantitative estimate of drug-likeness (QED) is 0.802. The number of carbonyl (C=O) groups is 1. The van der Waals surface area contributed by atoms with Gasteiger partial charge in [-0.25, -0.2) is 4.98 Å². The smallest absolute Gasteiger partial charge is 0.228 e. The summed E-state index contributed by atoms with van der Waals surface area (Å²) in [4.78, 5) is 16.5. The van der Waals surface area contributed by atoms with Crippen LogP contribution in [0.2, 0.25) is 0 Å². The van der Waals surface area contributed by atoms with Crippen LogP contribution in [-0.4, -0.2) is 34.2 Å². The highest BCUT2D eigenvalue weighted by Crippen LogP contribution is 2.20. The Bertz CT molecular complexity index is 630. The maximum atomic E-state index is 12.2. The van der Waals surface area contributed by atoms with Crippen LogP contribution in [0.15, 0.2) is 24.3 Å². The fourth-order valence-electron chi connectivity index (χ4n) is 2.53. The Balaban J connectivity index is 1.72. The van der Waals surface area contributed by atoms with Crippen LogP contribution < -0.4 is 10.6 Å². The van der Waals surface area contributed by atoms with Crippen molar-refractivity contribution in [1.29, 1.82) is 0 Å². The minimum absolute atomic E-state index is 0.0492. The predicted octanol–water partition coefficient (Wildman–Crippen LogP) is 1.72. The van der Waals surface area contributed by atoms with Crippen molar-refractivity contribution in [2.75, 3.05) is 18.4 Å². The van der Waals surface area contributed by atoms with Crippen molar-refractivity contribution in [2.24, 2.45) is 5.92 Å². The summed E-state index contributed by atoms with van der Waals surface area (Å²) in [5.74, 6) is 1.54. The Morgan fingerprint density at radius 1 is 1.43 bits per heavy atom. The molecule has 1 aromatic carbocycles. The van der Waals surface area contributed by atoms with Gasteiger partial charge in [0.2, 0.25) is 5.91 Å². The van der Waals surface area contributed by atoms with E-state index >= 15 is 0 Å². The molecule has 110 valence electrons. The first-order chi connectivity index (χ1) is 10.2. The van der Waals surface area contributed by atoms with Crippen LogP contribution in [0.4, 0.5) is 5.69 Å². The average molecular weight is 285 g/mol. The molecule has 3 rings (SSSR count). The van der Waals surface area contributed by atoms with Gasteiger partial charge in [-0.2, -0.15) is 5.10 Å². The lowest BCUT2D eigenvalue weighted by Crippen LogP contribution is -2.37. The summed E-state index contributed by atoms with van der Waals surface area (Å²) in [6.45, 7) is 3.62. The summed E-state index contributed by atoms with van der Waals surface area (Å²) in [7, 11) is 0. The Hall–Kier alpha value is -2.21. The summed E-state index contributed by atoms with van der Waals surface area (Å²) in [6.07, 6.45) is 1.99. The molecule has 0 saturated carbocycles. The van der Waals surface area contributed by atoms with E-state index in [-0.39, 0.29) is 11.8 Å². The summed E-state index contributed by atoms with van der Waals surface area (Å²) >= 11 is 0. The summed E-state index contributed by atoms with van der Waals surface area (Å²) in [6, 6.07) is 7.62. The molecule has 2 heterocycles. The number of H-pyrrole nitrogens is 1. The van der Waals surface area contributed by atoms with Crippen molar-refractivity contribution >= 4 is 11.6 Å². The van der Waals surface area contributed by atoms with Crippen molar-refractivity contribution in [3.8, 4) is 11.4 Å². The summed E-state index contributed by atoms with van der Waals surface area (Å²) < 4.78 is 0. The fraction of sp³-hybridized carbons (Fsp3) is 0.400. The van der Waals surface area contributed by atoms with E-state index in [9.17, 15) is 4.79 Å². The van der Waals surface area contributed by atoms with Gasteiger partial charge in [-0.05, 0) is 38.4 Å². The van der Waals surface area contributed by atoms with Crippen LogP contribution in [0, 0.1) is 12.8 Å². The zero-order chi connectivity index (χ0) is 14.7. The van der Waals surface area contributed by atoms with Gasteiger partial charge in [-0.15, -0.1) is 0 Å². The molecular formula is C15H19N5O. The zero-order valence-electron chi connectivity index (χ0n) is 12.0. The molecule has 0 bridgehead atoms. The molecule has 1 amide bonds. The second-order valence-electron chi connectivity index (χ2n) is 5.36. The number of piperidine rings is 1. The Morgan fingerprint density at radius 3 is 3.05 bits per heavy atom. The fourth-order valence-corrected chi connectivity index (χ4v) is 2.53. The Morgan fingerprint density at radius 2 is 2.33 bits per heavy atom. The van der Waals surface area contributed by atoms with Gasteiger partial charge in [-0.1, -0.05) is 12.1 Å². The van der Waals surface area contributed by atoms with Crippen molar-refractivity contribution in [3.05, 3.63) is 30.1 Å². The van der Waals surface area contributed by atoms with Gasteiger partial charge in [0.25, 0.3) is 0 Å². The number of aromatic nitrogens is 3. The molecule has 3 N–H and O–H groups in total. The first-order valence-corrected chi connectivity index (χ1v) is 7.23. The van der Waals surface area contributed by atoms with Gasteiger partial charge in [0, 0.05) is 17.8 Å². The number of carbonyl (C=O) groups excluding carboxylic acids is 1. The molecule has 1 saturated heterocycles. The van der Waals surface area contributed by atoms with Gasteiger partial charge in [0.15, 0.2) is 5.82 Å². The van der Waals surface area contributed by atoms with Crippen LogP contribution in [-0.2, 0) is 4.79 Å². The number of hydrogen-bond donors (Lipinski definition) is 3. The average Bonchev–Trinajstić information content (AvgIpc) is 2.95. The lowest BCUT2D eigenvalue weighted by Gasteiger charge is -2.21. The van der Waals surface area contributed by atoms with E-state index in [0.29, 0.717) is 5.82 Å². The highest BCUT2D eigenvalue weighted by atomic mass is 16.1. The van der Waals surface area contributed by atoms with E-state index in [1.165, 1.54) is 0 Å². The summed E-state index contributed by atoms with van der Waals surface area (Å²) in [5, 5.41) is 13.2. The molecule has 2 aromatic rings. The van der Waals surface area contributed by atoms with Crippen LogP contribution >= 0.6 is 0 Å². The third kappa shape index (κ3) is 3.28. The zero-order valence-corrected chi connectivity index (χ0v) is 12.0. The number of aryl methyl sites for hydroxylation is 1. The lowest BCUT2D eigenvalue weighted by atomic mass is 9.99.